The highest BCUT2D eigenvalue weighted by Crippen LogP contribution is 2.39. The smallest absolute Gasteiger partial charge is 0.341 e. The Bertz CT molecular complexity index is 663. The number of hydrogen-bond donors (Lipinski definition) is 1. The average Bonchev–Trinajstić information content (AvgIpc) is 3.12. The van der Waals surface area contributed by atoms with Crippen molar-refractivity contribution in [2.45, 2.75) is 58.7 Å². The first-order valence-electron chi connectivity index (χ1n) is 9.47. The van der Waals surface area contributed by atoms with Gasteiger partial charge in [-0.3, -0.25) is 9.69 Å². The number of nitrogens with zero attached hydrogens (tertiary/aromatic N) is 1. The topological polar surface area (TPSA) is 67.9 Å². The van der Waals surface area contributed by atoms with Gasteiger partial charge in [0.1, 0.15) is 5.00 Å². The van der Waals surface area contributed by atoms with Gasteiger partial charge in [0.15, 0.2) is 0 Å². The molecule has 2 unspecified atom stereocenters. The Morgan fingerprint density at radius 3 is 2.69 bits per heavy atom. The minimum absolute atomic E-state index is 0.0535. The molecule has 1 aromatic heterocycles. The summed E-state index contributed by atoms with van der Waals surface area (Å²) in [6.07, 6.45) is 3.72. The molecular weight excluding hydrogens is 352 g/mol. The number of esters is 1. The molecule has 0 bridgehead atoms. The van der Waals surface area contributed by atoms with Crippen molar-refractivity contribution < 1.29 is 19.1 Å². The molecule has 0 radical (unpaired) electrons. The van der Waals surface area contributed by atoms with Gasteiger partial charge in [-0.2, -0.15) is 0 Å². The van der Waals surface area contributed by atoms with E-state index in [1.165, 1.54) is 16.2 Å². The lowest BCUT2D eigenvalue weighted by atomic mass is 10.1. The van der Waals surface area contributed by atoms with Crippen LogP contribution in [0.25, 0.3) is 0 Å². The van der Waals surface area contributed by atoms with Gasteiger partial charge in [0.2, 0.25) is 5.91 Å². The molecule has 0 spiro atoms. The minimum Gasteiger partial charge on any atom is -0.462 e. The number of carbonyl (C=O) groups excluding carboxylic acids is 2. The second-order valence-corrected chi connectivity index (χ2v) is 8.20. The Morgan fingerprint density at radius 1 is 1.27 bits per heavy atom. The van der Waals surface area contributed by atoms with Gasteiger partial charge in [-0.1, -0.05) is 0 Å². The van der Waals surface area contributed by atoms with Crippen molar-refractivity contribution in [3.63, 3.8) is 0 Å². The molecule has 3 rings (SSSR count). The zero-order valence-electron chi connectivity index (χ0n) is 15.8. The predicted octanol–water partition coefficient (Wildman–Crippen LogP) is 2.85. The van der Waals surface area contributed by atoms with Crippen molar-refractivity contribution >= 4 is 28.2 Å². The second-order valence-electron chi connectivity index (χ2n) is 7.10. The number of fused-ring (bicyclic) bond motifs is 1. The lowest BCUT2D eigenvalue weighted by molar-refractivity contribution is -0.117. The van der Waals surface area contributed by atoms with Crippen molar-refractivity contribution in [2.75, 3.05) is 31.6 Å². The lowest BCUT2D eigenvalue weighted by Gasteiger charge is -2.35. The van der Waals surface area contributed by atoms with Crippen molar-refractivity contribution in [1.82, 2.24) is 4.90 Å². The van der Waals surface area contributed by atoms with Crippen LogP contribution >= 0.6 is 11.3 Å². The summed E-state index contributed by atoms with van der Waals surface area (Å²) in [7, 11) is 0. The van der Waals surface area contributed by atoms with E-state index >= 15 is 0 Å². The van der Waals surface area contributed by atoms with Gasteiger partial charge in [0.05, 0.1) is 24.4 Å². The maximum atomic E-state index is 12.5. The van der Waals surface area contributed by atoms with Crippen molar-refractivity contribution in [3.8, 4) is 0 Å². The first-order chi connectivity index (χ1) is 12.5. The van der Waals surface area contributed by atoms with Crippen molar-refractivity contribution in [3.05, 3.63) is 16.0 Å². The van der Waals surface area contributed by atoms with Crippen LogP contribution in [0.3, 0.4) is 0 Å². The molecule has 2 heterocycles. The Balaban J connectivity index is 1.61. The standard InChI is InChI=1S/C19H28N2O4S/c1-4-24-19(23)17-14-6-5-7-15(14)26-18(17)20-16(22)8-9-21-10-12(2)25-13(3)11-21/h12-13H,4-11H2,1-3H3,(H,20,22). The first-order valence-corrected chi connectivity index (χ1v) is 10.3. The monoisotopic (exact) mass is 380 g/mol. The highest BCUT2D eigenvalue weighted by Gasteiger charge is 2.28. The maximum absolute atomic E-state index is 12.5. The van der Waals surface area contributed by atoms with Crippen LogP contribution in [0.2, 0.25) is 0 Å². The molecule has 1 saturated heterocycles. The molecule has 1 fully saturated rings. The van der Waals surface area contributed by atoms with Gasteiger partial charge in [-0.25, -0.2) is 4.79 Å². The summed E-state index contributed by atoms with van der Waals surface area (Å²) in [4.78, 5) is 28.3. The summed E-state index contributed by atoms with van der Waals surface area (Å²) < 4.78 is 10.9. The van der Waals surface area contributed by atoms with E-state index in [0.29, 0.717) is 30.1 Å². The summed E-state index contributed by atoms with van der Waals surface area (Å²) in [5.74, 6) is -0.375. The predicted molar refractivity (Wildman–Crippen MR) is 102 cm³/mol. The van der Waals surface area contributed by atoms with E-state index in [4.69, 9.17) is 9.47 Å². The zero-order valence-corrected chi connectivity index (χ0v) is 16.6. The van der Waals surface area contributed by atoms with E-state index in [1.54, 1.807) is 6.92 Å². The summed E-state index contributed by atoms with van der Waals surface area (Å²) in [5, 5.41) is 3.62. The Morgan fingerprint density at radius 2 is 2.00 bits per heavy atom. The SMILES string of the molecule is CCOC(=O)c1c(NC(=O)CCN2CC(C)OC(C)C2)sc2c1CCC2. The fraction of sp³-hybridized carbons (Fsp3) is 0.684. The number of morpholine rings is 1. The van der Waals surface area contributed by atoms with E-state index < -0.39 is 0 Å². The van der Waals surface area contributed by atoms with Gasteiger partial charge in [-0.05, 0) is 45.6 Å². The van der Waals surface area contributed by atoms with Crippen molar-refractivity contribution in [1.29, 1.82) is 0 Å². The van der Waals surface area contributed by atoms with Crippen LogP contribution in [0.1, 0.15) is 54.4 Å². The number of aryl methyl sites for hydroxylation is 1. The van der Waals surface area contributed by atoms with Gasteiger partial charge >= 0.3 is 5.97 Å². The Kier molecular flexibility index (Phi) is 6.32. The number of ether oxygens (including phenoxy) is 2. The Labute approximate surface area is 158 Å². The van der Waals surface area contributed by atoms with E-state index in [-0.39, 0.29) is 24.1 Å². The maximum Gasteiger partial charge on any atom is 0.341 e. The number of anilines is 1. The number of carbonyl (C=O) groups is 2. The van der Waals surface area contributed by atoms with Crippen LogP contribution < -0.4 is 5.32 Å². The molecule has 144 valence electrons. The first kappa shape index (κ1) is 19.3. The molecule has 26 heavy (non-hydrogen) atoms. The Hall–Kier alpha value is -1.44. The summed E-state index contributed by atoms with van der Waals surface area (Å²) in [6.45, 7) is 8.64. The summed E-state index contributed by atoms with van der Waals surface area (Å²) >= 11 is 1.53. The third kappa shape index (κ3) is 4.45. The lowest BCUT2D eigenvalue weighted by Crippen LogP contribution is -2.46. The number of hydrogen-bond acceptors (Lipinski definition) is 6. The van der Waals surface area contributed by atoms with Crippen LogP contribution in [-0.2, 0) is 27.1 Å². The molecule has 1 N–H and O–H groups in total. The molecule has 1 amide bonds. The highest BCUT2D eigenvalue weighted by molar-refractivity contribution is 7.17. The number of rotatable bonds is 6. The molecule has 1 aliphatic heterocycles. The number of nitrogens with one attached hydrogen (secondary N) is 1. The number of amides is 1. The van der Waals surface area contributed by atoms with E-state index in [2.05, 4.69) is 24.1 Å². The summed E-state index contributed by atoms with van der Waals surface area (Å²) in [6, 6.07) is 0. The summed E-state index contributed by atoms with van der Waals surface area (Å²) in [5.41, 5.74) is 1.64. The molecule has 0 saturated carbocycles. The third-order valence-corrected chi connectivity index (χ3v) is 6.01. The van der Waals surface area contributed by atoms with E-state index in [9.17, 15) is 9.59 Å². The molecule has 7 heteroatoms. The van der Waals surface area contributed by atoms with Crippen LogP contribution in [0, 0.1) is 0 Å². The van der Waals surface area contributed by atoms with Gasteiger partial charge in [0, 0.05) is 30.9 Å². The van der Waals surface area contributed by atoms with Gasteiger partial charge in [-0.15, -0.1) is 11.3 Å². The fourth-order valence-corrected chi connectivity index (χ4v) is 5.12. The molecule has 2 aliphatic rings. The van der Waals surface area contributed by atoms with Crippen LogP contribution in [0.5, 0.6) is 0 Å². The molecule has 0 aromatic carbocycles. The quantitative estimate of drug-likeness (QED) is 0.769. The highest BCUT2D eigenvalue weighted by atomic mass is 32.1. The largest absolute Gasteiger partial charge is 0.462 e. The molecular formula is C19H28N2O4S. The van der Waals surface area contributed by atoms with Crippen LogP contribution in [-0.4, -0.2) is 55.2 Å². The second kappa shape index (κ2) is 8.50. The van der Waals surface area contributed by atoms with E-state index in [0.717, 1.165) is 37.9 Å². The number of thiophene rings is 1. The van der Waals surface area contributed by atoms with Gasteiger partial charge < -0.3 is 14.8 Å². The van der Waals surface area contributed by atoms with Crippen LogP contribution in [0.4, 0.5) is 5.00 Å². The minimum atomic E-state index is -0.321. The molecule has 2 atom stereocenters. The normalized spacial score (nSPS) is 22.9. The van der Waals surface area contributed by atoms with Crippen molar-refractivity contribution in [2.24, 2.45) is 0 Å². The van der Waals surface area contributed by atoms with Crippen LogP contribution in [0.15, 0.2) is 0 Å². The molecule has 1 aliphatic carbocycles. The fourth-order valence-electron chi connectivity index (χ4n) is 3.83. The zero-order chi connectivity index (χ0) is 18.7. The third-order valence-electron chi connectivity index (χ3n) is 4.80. The molecule has 1 aromatic rings. The average molecular weight is 381 g/mol. The molecule has 6 nitrogen and oxygen atoms in total. The van der Waals surface area contributed by atoms with Gasteiger partial charge in [0.25, 0.3) is 0 Å². The van der Waals surface area contributed by atoms with E-state index in [1.807, 2.05) is 0 Å².